The van der Waals surface area contributed by atoms with Crippen LogP contribution < -0.4 is 20.7 Å². The summed E-state index contributed by atoms with van der Waals surface area (Å²) in [5.74, 6) is 0.0320. The summed E-state index contributed by atoms with van der Waals surface area (Å²) in [7, 11) is -1.60. The fourth-order valence-corrected chi connectivity index (χ4v) is 4.32. The second kappa shape index (κ2) is 7.92. The van der Waals surface area contributed by atoms with Gasteiger partial charge in [0.1, 0.15) is 11.8 Å². The lowest BCUT2D eigenvalue weighted by Gasteiger charge is -2.17. The van der Waals surface area contributed by atoms with Crippen LogP contribution in [0.15, 0.2) is 18.2 Å². The van der Waals surface area contributed by atoms with Crippen molar-refractivity contribution in [3.8, 4) is 5.75 Å². The highest BCUT2D eigenvalue weighted by molar-refractivity contribution is 7.91. The molecule has 138 valence electrons. The zero-order valence-corrected chi connectivity index (χ0v) is 15.4. The molecule has 10 heteroatoms. The van der Waals surface area contributed by atoms with Crippen molar-refractivity contribution in [3.63, 3.8) is 0 Å². The first kappa shape index (κ1) is 19.3. The maximum Gasteiger partial charge on any atom is 0.315 e. The van der Waals surface area contributed by atoms with E-state index in [1.54, 1.807) is 12.1 Å². The Hall–Kier alpha value is -2.00. The lowest BCUT2D eigenvalue weighted by Crippen LogP contribution is -2.49. The van der Waals surface area contributed by atoms with Crippen LogP contribution in [0, 0.1) is 0 Å². The van der Waals surface area contributed by atoms with Gasteiger partial charge in [-0.15, -0.1) is 0 Å². The van der Waals surface area contributed by atoms with Crippen LogP contribution in [-0.4, -0.2) is 51.1 Å². The number of nitrogens with one attached hydrogen (secondary N) is 3. The molecule has 3 amide bonds. The van der Waals surface area contributed by atoms with E-state index in [0.29, 0.717) is 22.9 Å². The standard InChI is InChI=1S/C15H20ClN3O5S/c1-9(17-15(21)19-11-5-6-25(22,23)8-11)14(20)18-10-3-4-13(24-2)12(16)7-10/h3-4,7,9,11H,5-6,8H2,1-2H3,(H,18,20)(H2,17,19,21). The number of carbonyl (C=O) groups is 2. The first-order valence-corrected chi connectivity index (χ1v) is 9.82. The third-order valence-corrected chi connectivity index (χ3v) is 5.79. The highest BCUT2D eigenvalue weighted by atomic mass is 35.5. The molecule has 2 rings (SSSR count). The van der Waals surface area contributed by atoms with Gasteiger partial charge in [0.15, 0.2) is 9.84 Å². The number of ether oxygens (including phenoxy) is 1. The molecule has 0 spiro atoms. The van der Waals surface area contributed by atoms with E-state index in [2.05, 4.69) is 16.0 Å². The summed E-state index contributed by atoms with van der Waals surface area (Å²) in [6, 6.07) is 2.94. The smallest absolute Gasteiger partial charge is 0.315 e. The van der Waals surface area contributed by atoms with Crippen LogP contribution in [0.4, 0.5) is 10.5 Å². The molecule has 2 unspecified atom stereocenters. The van der Waals surface area contributed by atoms with Crippen molar-refractivity contribution in [1.29, 1.82) is 0 Å². The van der Waals surface area contributed by atoms with Crippen molar-refractivity contribution in [2.45, 2.75) is 25.4 Å². The predicted octanol–water partition coefficient (Wildman–Crippen LogP) is 1.16. The molecule has 0 aromatic heterocycles. The third-order valence-electron chi connectivity index (χ3n) is 3.73. The molecule has 1 fully saturated rings. The summed E-state index contributed by atoms with van der Waals surface area (Å²) >= 11 is 5.99. The maximum absolute atomic E-state index is 12.1. The Kier molecular flexibility index (Phi) is 6.12. The summed E-state index contributed by atoms with van der Waals surface area (Å²) in [6.45, 7) is 1.52. The Labute approximate surface area is 151 Å². The minimum absolute atomic E-state index is 0.0617. The second-order valence-corrected chi connectivity index (χ2v) is 8.41. The van der Waals surface area contributed by atoms with Gasteiger partial charge in [-0.2, -0.15) is 0 Å². The Bertz CT molecular complexity index is 768. The quantitative estimate of drug-likeness (QED) is 0.699. The van der Waals surface area contributed by atoms with Crippen molar-refractivity contribution in [2.75, 3.05) is 23.9 Å². The van der Waals surface area contributed by atoms with Crippen molar-refractivity contribution >= 4 is 39.1 Å². The van der Waals surface area contributed by atoms with E-state index >= 15 is 0 Å². The number of benzene rings is 1. The van der Waals surface area contributed by atoms with E-state index < -0.39 is 33.9 Å². The molecule has 1 aromatic carbocycles. The van der Waals surface area contributed by atoms with E-state index in [4.69, 9.17) is 16.3 Å². The molecule has 0 radical (unpaired) electrons. The minimum atomic E-state index is -3.08. The van der Waals surface area contributed by atoms with Crippen molar-refractivity contribution in [3.05, 3.63) is 23.2 Å². The molecule has 1 heterocycles. The highest BCUT2D eigenvalue weighted by Gasteiger charge is 2.29. The first-order chi connectivity index (χ1) is 11.7. The summed E-state index contributed by atoms with van der Waals surface area (Å²) in [6.07, 6.45) is 0.376. The lowest BCUT2D eigenvalue weighted by atomic mass is 10.2. The molecule has 2 atom stereocenters. The van der Waals surface area contributed by atoms with Crippen LogP contribution in [0.5, 0.6) is 5.75 Å². The molecule has 0 saturated carbocycles. The molecule has 8 nitrogen and oxygen atoms in total. The van der Waals surface area contributed by atoms with E-state index in [9.17, 15) is 18.0 Å². The monoisotopic (exact) mass is 389 g/mol. The molecule has 0 bridgehead atoms. The Balaban J connectivity index is 1.85. The van der Waals surface area contributed by atoms with Gasteiger partial charge in [0.2, 0.25) is 5.91 Å². The minimum Gasteiger partial charge on any atom is -0.495 e. The van der Waals surface area contributed by atoms with Crippen LogP contribution in [0.2, 0.25) is 5.02 Å². The number of urea groups is 1. The second-order valence-electron chi connectivity index (χ2n) is 5.78. The Morgan fingerprint density at radius 3 is 2.64 bits per heavy atom. The number of halogens is 1. The zero-order chi connectivity index (χ0) is 18.6. The number of methoxy groups -OCH3 is 1. The molecule has 0 aliphatic carbocycles. The Morgan fingerprint density at radius 2 is 2.08 bits per heavy atom. The van der Waals surface area contributed by atoms with Crippen LogP contribution in [0.25, 0.3) is 0 Å². The number of anilines is 1. The summed E-state index contributed by atoms with van der Waals surface area (Å²) < 4.78 is 27.8. The fraction of sp³-hybridized carbons (Fsp3) is 0.467. The molecule has 3 N–H and O–H groups in total. The van der Waals surface area contributed by atoms with Crippen LogP contribution in [0.3, 0.4) is 0 Å². The van der Waals surface area contributed by atoms with Crippen molar-refractivity contribution in [1.82, 2.24) is 10.6 Å². The van der Waals surface area contributed by atoms with Gasteiger partial charge in [0.05, 0.1) is 23.6 Å². The number of sulfone groups is 1. The third kappa shape index (κ3) is 5.50. The average molecular weight is 390 g/mol. The number of hydrogen-bond acceptors (Lipinski definition) is 5. The van der Waals surface area contributed by atoms with Crippen LogP contribution in [-0.2, 0) is 14.6 Å². The molecule has 1 aromatic rings. The first-order valence-electron chi connectivity index (χ1n) is 7.62. The van der Waals surface area contributed by atoms with Gasteiger partial charge in [-0.25, -0.2) is 13.2 Å². The fourth-order valence-electron chi connectivity index (χ4n) is 2.39. The van der Waals surface area contributed by atoms with Gasteiger partial charge >= 0.3 is 6.03 Å². The SMILES string of the molecule is COc1ccc(NC(=O)C(C)NC(=O)NC2CCS(=O)(=O)C2)cc1Cl. The van der Waals surface area contributed by atoms with Gasteiger partial charge in [0, 0.05) is 11.7 Å². The number of hydrogen-bond donors (Lipinski definition) is 3. The van der Waals surface area contributed by atoms with E-state index in [-0.39, 0.29) is 11.5 Å². The predicted molar refractivity (Wildman–Crippen MR) is 94.8 cm³/mol. The molecule has 1 aliphatic rings. The van der Waals surface area contributed by atoms with E-state index in [1.807, 2.05) is 0 Å². The van der Waals surface area contributed by atoms with Gasteiger partial charge in [-0.1, -0.05) is 11.6 Å². The van der Waals surface area contributed by atoms with Crippen molar-refractivity contribution in [2.24, 2.45) is 0 Å². The summed E-state index contributed by atoms with van der Waals surface area (Å²) in [5.41, 5.74) is 0.465. The van der Waals surface area contributed by atoms with Gasteiger partial charge in [-0.3, -0.25) is 4.79 Å². The lowest BCUT2D eigenvalue weighted by molar-refractivity contribution is -0.117. The Morgan fingerprint density at radius 1 is 1.36 bits per heavy atom. The van der Waals surface area contributed by atoms with E-state index in [0.717, 1.165) is 0 Å². The molecule has 25 heavy (non-hydrogen) atoms. The number of amides is 3. The zero-order valence-electron chi connectivity index (χ0n) is 13.8. The summed E-state index contributed by atoms with van der Waals surface area (Å²) in [4.78, 5) is 24.0. The van der Waals surface area contributed by atoms with E-state index in [1.165, 1.54) is 20.1 Å². The average Bonchev–Trinajstić information content (AvgIpc) is 2.85. The molecule has 1 saturated heterocycles. The van der Waals surface area contributed by atoms with Gasteiger partial charge in [-0.05, 0) is 31.5 Å². The van der Waals surface area contributed by atoms with Crippen molar-refractivity contribution < 1.29 is 22.7 Å². The largest absolute Gasteiger partial charge is 0.495 e. The van der Waals surface area contributed by atoms with Gasteiger partial charge < -0.3 is 20.7 Å². The number of rotatable bonds is 5. The summed E-state index contributed by atoms with van der Waals surface area (Å²) in [5, 5.41) is 8.02. The van der Waals surface area contributed by atoms with Crippen LogP contribution >= 0.6 is 11.6 Å². The molecular weight excluding hydrogens is 370 g/mol. The highest BCUT2D eigenvalue weighted by Crippen LogP contribution is 2.27. The number of carbonyl (C=O) groups excluding carboxylic acids is 2. The van der Waals surface area contributed by atoms with Crippen LogP contribution in [0.1, 0.15) is 13.3 Å². The topological polar surface area (TPSA) is 114 Å². The normalized spacial score (nSPS) is 19.7. The molecular formula is C15H20ClN3O5S. The maximum atomic E-state index is 12.1. The van der Waals surface area contributed by atoms with Gasteiger partial charge in [0.25, 0.3) is 0 Å². The molecule has 1 aliphatic heterocycles.